The third-order valence-corrected chi connectivity index (χ3v) is 16.9. The third kappa shape index (κ3) is 65.2. The molecule has 472 valence electrons. The van der Waals surface area contributed by atoms with Crippen molar-refractivity contribution < 1.29 is 24.5 Å². The molecule has 0 aromatic heterocycles. The summed E-state index contributed by atoms with van der Waals surface area (Å²) in [7, 11) is 0. The van der Waals surface area contributed by atoms with Crippen LogP contribution in [0.1, 0.15) is 399 Å². The van der Waals surface area contributed by atoms with Crippen molar-refractivity contribution in [1.29, 1.82) is 0 Å². The van der Waals surface area contributed by atoms with Crippen molar-refractivity contribution in [3.8, 4) is 0 Å². The number of esters is 1. The molecule has 6 nitrogen and oxygen atoms in total. The van der Waals surface area contributed by atoms with Gasteiger partial charge in [0, 0.05) is 12.8 Å². The number of aliphatic hydroxyl groups is 2. The Labute approximate surface area is 500 Å². The number of allylic oxidation sites excluding steroid dienone is 6. The quantitative estimate of drug-likeness (QED) is 0.0320. The van der Waals surface area contributed by atoms with E-state index in [4.69, 9.17) is 4.74 Å². The lowest BCUT2D eigenvalue weighted by molar-refractivity contribution is -0.143. The van der Waals surface area contributed by atoms with Gasteiger partial charge in [-0.25, -0.2) is 0 Å². The molecule has 0 radical (unpaired) electrons. The van der Waals surface area contributed by atoms with Crippen molar-refractivity contribution in [1.82, 2.24) is 5.32 Å². The second-order valence-corrected chi connectivity index (χ2v) is 24.9. The second-order valence-electron chi connectivity index (χ2n) is 24.9. The van der Waals surface area contributed by atoms with Crippen LogP contribution in [0.2, 0.25) is 0 Å². The van der Waals surface area contributed by atoms with Gasteiger partial charge in [0.05, 0.1) is 25.4 Å². The first-order valence-corrected chi connectivity index (χ1v) is 36.2. The van der Waals surface area contributed by atoms with Crippen LogP contribution < -0.4 is 5.32 Å². The molecule has 0 rings (SSSR count). The van der Waals surface area contributed by atoms with Gasteiger partial charge in [0.15, 0.2) is 0 Å². The number of carbonyl (C=O) groups is 2. The minimum atomic E-state index is -0.660. The summed E-state index contributed by atoms with van der Waals surface area (Å²) in [6.45, 7) is 4.95. The summed E-state index contributed by atoms with van der Waals surface area (Å²) in [5, 5.41) is 23.1. The topological polar surface area (TPSA) is 95.9 Å². The highest BCUT2D eigenvalue weighted by Crippen LogP contribution is 2.19. The molecule has 0 saturated heterocycles. The van der Waals surface area contributed by atoms with Crippen molar-refractivity contribution >= 4 is 11.9 Å². The van der Waals surface area contributed by atoms with E-state index in [9.17, 15) is 19.8 Å². The van der Waals surface area contributed by atoms with Crippen molar-refractivity contribution in [2.24, 2.45) is 0 Å². The zero-order valence-electron chi connectivity index (χ0n) is 54.1. The molecule has 6 heteroatoms. The summed E-state index contributed by atoms with van der Waals surface area (Å²) in [5.74, 6) is -0.0202. The minimum Gasteiger partial charge on any atom is -0.466 e. The monoisotopic (exact) mass is 1120 g/mol. The highest BCUT2D eigenvalue weighted by molar-refractivity contribution is 5.76. The summed E-state index contributed by atoms with van der Waals surface area (Å²) in [5.41, 5.74) is 0. The molecule has 0 aliphatic heterocycles. The van der Waals surface area contributed by atoms with Gasteiger partial charge in [-0.3, -0.25) is 9.59 Å². The van der Waals surface area contributed by atoms with E-state index in [0.29, 0.717) is 25.9 Å². The van der Waals surface area contributed by atoms with Crippen LogP contribution in [0.25, 0.3) is 0 Å². The van der Waals surface area contributed by atoms with Crippen molar-refractivity contribution in [2.75, 3.05) is 13.2 Å². The Bertz CT molecular complexity index is 1300. The maximum Gasteiger partial charge on any atom is 0.305 e. The van der Waals surface area contributed by atoms with Crippen LogP contribution in [-0.4, -0.2) is 47.4 Å². The van der Waals surface area contributed by atoms with Crippen LogP contribution >= 0.6 is 0 Å². The average Bonchev–Trinajstić information content (AvgIpc) is 3.46. The van der Waals surface area contributed by atoms with E-state index in [2.05, 4.69) is 55.6 Å². The molecule has 0 aliphatic rings. The molecular formula is C74H141NO5. The van der Waals surface area contributed by atoms with Gasteiger partial charge in [0.2, 0.25) is 5.91 Å². The lowest BCUT2D eigenvalue weighted by atomic mass is 10.0. The number of amides is 1. The number of nitrogens with one attached hydrogen (secondary N) is 1. The molecular weight excluding hydrogens is 983 g/mol. The summed E-state index contributed by atoms with van der Waals surface area (Å²) >= 11 is 0. The van der Waals surface area contributed by atoms with Gasteiger partial charge in [0.1, 0.15) is 0 Å². The lowest BCUT2D eigenvalue weighted by Crippen LogP contribution is -2.45. The Morgan fingerprint density at radius 2 is 0.625 bits per heavy atom. The predicted molar refractivity (Wildman–Crippen MR) is 352 cm³/mol. The molecule has 2 atom stereocenters. The first-order chi connectivity index (χ1) is 39.5. The highest BCUT2D eigenvalue weighted by atomic mass is 16.5. The summed E-state index contributed by atoms with van der Waals surface area (Å²) in [6, 6.07) is -0.537. The fourth-order valence-electron chi connectivity index (χ4n) is 11.4. The molecule has 0 saturated carbocycles. The van der Waals surface area contributed by atoms with E-state index in [0.717, 1.165) is 51.4 Å². The number of ether oxygens (including phenoxy) is 1. The largest absolute Gasteiger partial charge is 0.466 e. The van der Waals surface area contributed by atoms with Crippen LogP contribution in [0.5, 0.6) is 0 Å². The number of hydrogen-bond donors (Lipinski definition) is 3. The van der Waals surface area contributed by atoms with Crippen LogP contribution in [-0.2, 0) is 14.3 Å². The van der Waals surface area contributed by atoms with Crippen molar-refractivity contribution in [3.63, 3.8) is 0 Å². The van der Waals surface area contributed by atoms with Gasteiger partial charge in [-0.1, -0.05) is 339 Å². The molecule has 0 fully saturated rings. The van der Waals surface area contributed by atoms with Crippen LogP contribution in [0.3, 0.4) is 0 Å². The molecule has 2 unspecified atom stereocenters. The fourth-order valence-corrected chi connectivity index (χ4v) is 11.4. The molecule has 3 N–H and O–H groups in total. The van der Waals surface area contributed by atoms with E-state index in [1.165, 1.54) is 315 Å². The molecule has 0 aromatic rings. The molecule has 0 heterocycles. The van der Waals surface area contributed by atoms with Crippen LogP contribution in [0.15, 0.2) is 36.5 Å². The van der Waals surface area contributed by atoms with Gasteiger partial charge in [0.25, 0.3) is 0 Å². The summed E-state index contributed by atoms with van der Waals surface area (Å²) in [6.07, 6.45) is 89.5. The maximum absolute atomic E-state index is 12.4. The van der Waals surface area contributed by atoms with E-state index >= 15 is 0 Å². The zero-order chi connectivity index (χ0) is 57.8. The molecule has 1 amide bonds. The molecule has 0 aromatic carbocycles. The van der Waals surface area contributed by atoms with Crippen LogP contribution in [0.4, 0.5) is 0 Å². The highest BCUT2D eigenvalue weighted by Gasteiger charge is 2.20. The standard InChI is InChI=1S/C74H141NO5/c1-3-5-7-9-11-13-14-15-41-45-48-52-56-60-64-68-74(79)80-69-65-61-57-53-49-46-43-40-38-36-34-32-30-28-26-24-22-20-18-16-17-19-21-23-25-27-29-31-33-35-37-39-42-44-47-51-55-59-63-67-73(78)75-71(70-76)72(77)66-62-58-54-50-12-10-8-6-4-2/h15-17,20,22,41,71-72,76-77H,3-14,18-19,21,23-40,42-70H2,1-2H3,(H,75,78)/b17-16-,22-20-,41-15-. The van der Waals surface area contributed by atoms with E-state index in [-0.39, 0.29) is 18.5 Å². The number of rotatable bonds is 68. The Morgan fingerprint density at radius 1 is 0.350 bits per heavy atom. The Kier molecular flexibility index (Phi) is 67.9. The van der Waals surface area contributed by atoms with Crippen molar-refractivity contribution in [2.45, 2.75) is 411 Å². The maximum atomic E-state index is 12.4. The Morgan fingerprint density at radius 3 is 0.963 bits per heavy atom. The van der Waals surface area contributed by atoms with Gasteiger partial charge in [-0.15, -0.1) is 0 Å². The summed E-state index contributed by atoms with van der Waals surface area (Å²) < 4.78 is 5.49. The smallest absolute Gasteiger partial charge is 0.305 e. The third-order valence-electron chi connectivity index (χ3n) is 16.9. The molecule has 0 aliphatic carbocycles. The van der Waals surface area contributed by atoms with E-state index in [1.807, 2.05) is 0 Å². The summed E-state index contributed by atoms with van der Waals surface area (Å²) in [4.78, 5) is 24.5. The first kappa shape index (κ1) is 78.1. The number of hydrogen-bond acceptors (Lipinski definition) is 5. The Balaban J connectivity index is 3.32. The van der Waals surface area contributed by atoms with Crippen LogP contribution in [0, 0.1) is 0 Å². The van der Waals surface area contributed by atoms with Crippen molar-refractivity contribution in [3.05, 3.63) is 36.5 Å². The molecule has 0 spiro atoms. The normalized spacial score (nSPS) is 12.7. The number of unbranched alkanes of at least 4 members (excludes halogenated alkanes) is 51. The molecule has 0 bridgehead atoms. The SMILES string of the molecule is CCCCCCCC/C=C\CCCCCCCC(=O)OCCCCCCCCCCCCCCCCC/C=C\C/C=C\CCCCCCCCCCCCCCCCCCCC(=O)NC(CO)C(O)CCCCCCCCCCC. The predicted octanol–water partition coefficient (Wildman–Crippen LogP) is 23.5. The van der Waals surface area contributed by atoms with Gasteiger partial charge in [-0.2, -0.15) is 0 Å². The van der Waals surface area contributed by atoms with Gasteiger partial charge >= 0.3 is 5.97 Å². The lowest BCUT2D eigenvalue weighted by Gasteiger charge is -2.22. The average molecular weight is 1120 g/mol. The van der Waals surface area contributed by atoms with E-state index in [1.54, 1.807) is 0 Å². The number of carbonyl (C=O) groups excluding carboxylic acids is 2. The molecule has 80 heavy (non-hydrogen) atoms. The first-order valence-electron chi connectivity index (χ1n) is 36.2. The van der Waals surface area contributed by atoms with Gasteiger partial charge < -0.3 is 20.3 Å². The Hall–Kier alpha value is -1.92. The van der Waals surface area contributed by atoms with Gasteiger partial charge in [-0.05, 0) is 83.5 Å². The zero-order valence-corrected chi connectivity index (χ0v) is 54.1. The number of aliphatic hydroxyl groups excluding tert-OH is 2. The fraction of sp³-hybridized carbons (Fsp3) is 0.892. The van der Waals surface area contributed by atoms with E-state index < -0.39 is 12.1 Å². The minimum absolute atomic E-state index is 0.0126. The second kappa shape index (κ2) is 69.6.